The quantitative estimate of drug-likeness (QED) is 0.402. The largest absolute Gasteiger partial charge is 0.478 e. The Hall–Kier alpha value is -3.14. The number of benzene rings is 2. The molecule has 2 unspecified atom stereocenters. The molecule has 0 radical (unpaired) electrons. The molecule has 1 aliphatic carbocycles. The third-order valence-electron chi connectivity index (χ3n) is 9.56. The van der Waals surface area contributed by atoms with Crippen molar-refractivity contribution in [2.24, 2.45) is 11.3 Å². The fourth-order valence-electron chi connectivity index (χ4n) is 7.16. The maximum absolute atomic E-state index is 14.0. The van der Waals surface area contributed by atoms with Crippen molar-refractivity contribution in [3.63, 3.8) is 0 Å². The van der Waals surface area contributed by atoms with Gasteiger partial charge < -0.3 is 14.7 Å². The number of nitrogens with zero attached hydrogens (tertiary/aromatic N) is 2. The molecule has 10 heteroatoms. The third kappa shape index (κ3) is 5.55. The molecule has 2 aromatic rings. The first-order valence-corrected chi connectivity index (χ1v) is 14.2. The smallest absolute Gasteiger partial charge is 0.416 e. The van der Waals surface area contributed by atoms with Gasteiger partial charge in [-0.15, -0.1) is 0 Å². The Morgan fingerprint density at radius 3 is 2.54 bits per heavy atom. The van der Waals surface area contributed by atoms with Crippen LogP contribution in [-0.2, 0) is 17.5 Å². The Kier molecular flexibility index (Phi) is 7.82. The van der Waals surface area contributed by atoms with Crippen molar-refractivity contribution in [2.75, 3.05) is 13.3 Å². The van der Waals surface area contributed by atoms with Gasteiger partial charge in [-0.1, -0.05) is 19.9 Å². The molecule has 0 spiro atoms. The highest BCUT2D eigenvalue weighted by Gasteiger charge is 2.51. The van der Waals surface area contributed by atoms with Gasteiger partial charge in [0.25, 0.3) is 0 Å². The number of carbonyl (C=O) groups is 2. The lowest BCUT2D eigenvalue weighted by Crippen LogP contribution is -2.50. The average molecular weight is 577 g/mol. The van der Waals surface area contributed by atoms with Gasteiger partial charge in [0.1, 0.15) is 11.6 Å². The Bertz CT molecular complexity index is 1330. The molecular formula is C31H36F4N2O4. The SMILES string of the molecule is CC1CC(c2ccc(F)c(C(=O)O)c2)CCN1[C@@H]1CC[C@@](C(=O)N2COc3ccc(C(F)(F)F)cc3C2)(C(C)C)C1. The molecule has 41 heavy (non-hydrogen) atoms. The Labute approximate surface area is 237 Å². The molecule has 5 rings (SSSR count). The van der Waals surface area contributed by atoms with E-state index in [1.165, 1.54) is 18.2 Å². The van der Waals surface area contributed by atoms with Gasteiger partial charge in [-0.25, -0.2) is 9.18 Å². The second-order valence-electron chi connectivity index (χ2n) is 12.2. The van der Waals surface area contributed by atoms with Gasteiger partial charge in [-0.05, 0) is 93.3 Å². The van der Waals surface area contributed by atoms with Crippen LogP contribution >= 0.6 is 0 Å². The maximum atomic E-state index is 14.0. The summed E-state index contributed by atoms with van der Waals surface area (Å²) >= 11 is 0. The van der Waals surface area contributed by atoms with E-state index in [9.17, 15) is 32.3 Å². The summed E-state index contributed by atoms with van der Waals surface area (Å²) in [5, 5.41) is 9.32. The highest BCUT2D eigenvalue weighted by atomic mass is 19.4. The molecule has 2 fully saturated rings. The second-order valence-corrected chi connectivity index (χ2v) is 12.2. The topological polar surface area (TPSA) is 70.1 Å². The van der Waals surface area contributed by atoms with Crippen LogP contribution in [0.3, 0.4) is 0 Å². The molecule has 1 N–H and O–H groups in total. The van der Waals surface area contributed by atoms with Crippen molar-refractivity contribution < 1.29 is 37.0 Å². The minimum Gasteiger partial charge on any atom is -0.478 e. The maximum Gasteiger partial charge on any atom is 0.416 e. The second kappa shape index (κ2) is 10.9. The molecule has 4 atom stereocenters. The number of fused-ring (bicyclic) bond motifs is 1. The van der Waals surface area contributed by atoms with Gasteiger partial charge in [0.05, 0.1) is 23.1 Å². The van der Waals surface area contributed by atoms with Gasteiger partial charge in [0, 0.05) is 17.6 Å². The molecule has 1 saturated heterocycles. The molecule has 0 aromatic heterocycles. The highest BCUT2D eigenvalue weighted by molar-refractivity contribution is 5.88. The zero-order valence-electron chi connectivity index (χ0n) is 23.5. The first-order chi connectivity index (χ1) is 19.3. The van der Waals surface area contributed by atoms with Crippen molar-refractivity contribution in [1.29, 1.82) is 0 Å². The van der Waals surface area contributed by atoms with Gasteiger partial charge in [0.2, 0.25) is 5.91 Å². The summed E-state index contributed by atoms with van der Waals surface area (Å²) in [6, 6.07) is 8.09. The fraction of sp³-hybridized carbons (Fsp3) is 0.548. The van der Waals surface area contributed by atoms with Gasteiger partial charge in [-0.3, -0.25) is 9.69 Å². The predicted octanol–water partition coefficient (Wildman–Crippen LogP) is 6.68. The number of hydrogen-bond donors (Lipinski definition) is 1. The van der Waals surface area contributed by atoms with Crippen molar-refractivity contribution in [2.45, 2.75) is 83.6 Å². The van der Waals surface area contributed by atoms with E-state index in [-0.39, 0.29) is 48.7 Å². The number of ether oxygens (including phenoxy) is 1. The minimum absolute atomic E-state index is 0.00807. The van der Waals surface area contributed by atoms with Crippen LogP contribution in [0.1, 0.15) is 85.8 Å². The molecule has 222 valence electrons. The molecule has 1 amide bonds. The van der Waals surface area contributed by atoms with E-state index >= 15 is 0 Å². The summed E-state index contributed by atoms with van der Waals surface area (Å²) in [5.41, 5.74) is -0.529. The molecule has 3 aliphatic rings. The van der Waals surface area contributed by atoms with Crippen LogP contribution in [0.15, 0.2) is 36.4 Å². The number of carbonyl (C=O) groups excluding carboxylic acids is 1. The molecule has 1 saturated carbocycles. The number of carboxylic acid groups (broad SMARTS) is 1. The lowest BCUT2D eigenvalue weighted by atomic mass is 9.74. The van der Waals surface area contributed by atoms with Crippen LogP contribution in [0.25, 0.3) is 0 Å². The molecule has 0 bridgehead atoms. The Balaban J connectivity index is 1.28. The highest BCUT2D eigenvalue weighted by Crippen LogP contribution is 2.49. The summed E-state index contributed by atoms with van der Waals surface area (Å²) in [7, 11) is 0. The van der Waals surface area contributed by atoms with Gasteiger partial charge in [0.15, 0.2) is 6.73 Å². The number of halogens is 4. The summed E-state index contributed by atoms with van der Waals surface area (Å²) in [6.07, 6.45) is -0.702. The summed E-state index contributed by atoms with van der Waals surface area (Å²) < 4.78 is 59.6. The zero-order valence-corrected chi connectivity index (χ0v) is 23.5. The number of hydrogen-bond acceptors (Lipinski definition) is 4. The van der Waals surface area contributed by atoms with E-state index in [1.54, 1.807) is 11.0 Å². The van der Waals surface area contributed by atoms with Crippen molar-refractivity contribution in [1.82, 2.24) is 9.80 Å². The summed E-state index contributed by atoms with van der Waals surface area (Å²) in [5.74, 6) is -1.57. The zero-order chi connectivity index (χ0) is 29.7. The Morgan fingerprint density at radius 2 is 1.88 bits per heavy atom. The van der Waals surface area contributed by atoms with E-state index in [2.05, 4.69) is 11.8 Å². The third-order valence-corrected chi connectivity index (χ3v) is 9.56. The molecule has 6 nitrogen and oxygen atoms in total. The monoisotopic (exact) mass is 576 g/mol. The predicted molar refractivity (Wildman–Crippen MR) is 144 cm³/mol. The number of amides is 1. The van der Waals surface area contributed by atoms with Crippen LogP contribution in [0.4, 0.5) is 17.6 Å². The molecular weight excluding hydrogens is 540 g/mol. The molecule has 2 heterocycles. The van der Waals surface area contributed by atoms with Crippen LogP contribution in [0.5, 0.6) is 5.75 Å². The van der Waals surface area contributed by atoms with E-state index in [0.717, 1.165) is 43.5 Å². The summed E-state index contributed by atoms with van der Waals surface area (Å²) in [6.45, 7) is 7.07. The van der Waals surface area contributed by atoms with E-state index in [0.29, 0.717) is 24.2 Å². The molecule has 2 aromatic carbocycles. The van der Waals surface area contributed by atoms with Crippen LogP contribution < -0.4 is 4.74 Å². The summed E-state index contributed by atoms with van der Waals surface area (Å²) in [4.78, 5) is 29.4. The van der Waals surface area contributed by atoms with E-state index in [1.807, 2.05) is 13.8 Å². The average Bonchev–Trinajstić information content (AvgIpc) is 3.38. The van der Waals surface area contributed by atoms with Gasteiger partial charge >= 0.3 is 12.1 Å². The number of aromatic carboxylic acids is 1. The molecule has 2 aliphatic heterocycles. The van der Waals surface area contributed by atoms with Crippen molar-refractivity contribution >= 4 is 11.9 Å². The first kappa shape index (κ1) is 29.4. The number of rotatable bonds is 5. The number of likely N-dealkylation sites (tertiary alicyclic amines) is 1. The van der Waals surface area contributed by atoms with Crippen LogP contribution in [0.2, 0.25) is 0 Å². The van der Waals surface area contributed by atoms with Crippen molar-refractivity contribution in [3.05, 3.63) is 64.5 Å². The lowest BCUT2D eigenvalue weighted by molar-refractivity contribution is -0.150. The van der Waals surface area contributed by atoms with E-state index < -0.39 is 28.9 Å². The number of piperidine rings is 1. The normalized spacial score (nSPS) is 27.0. The van der Waals surface area contributed by atoms with E-state index in [4.69, 9.17) is 4.74 Å². The fourth-order valence-corrected chi connectivity index (χ4v) is 7.16. The number of carboxylic acids is 1. The standard InChI is InChI=1S/C31H36F4N2O4/c1-18(2)30(29(40)36-16-22-13-23(31(33,34)35)5-7-27(22)41-17-36)10-8-24(15-30)37-11-9-21(12-19(37)3)20-4-6-26(32)25(14-20)28(38)39/h4-7,13-14,18-19,21,24H,8-12,15-17H2,1-3H3,(H,38,39)/t19?,21?,24-,30+/m1/s1. The minimum atomic E-state index is -4.47. The Morgan fingerprint density at radius 1 is 1.12 bits per heavy atom. The van der Waals surface area contributed by atoms with Crippen LogP contribution in [-0.4, -0.2) is 52.1 Å². The van der Waals surface area contributed by atoms with Crippen LogP contribution in [0, 0.1) is 17.2 Å². The van der Waals surface area contributed by atoms with Gasteiger partial charge in [-0.2, -0.15) is 13.2 Å². The van der Waals surface area contributed by atoms with Crippen molar-refractivity contribution in [3.8, 4) is 5.75 Å². The number of alkyl halides is 3. The first-order valence-electron chi connectivity index (χ1n) is 14.2. The lowest BCUT2D eigenvalue weighted by Gasteiger charge is -2.43.